The number of likely N-dealkylation sites (N-methyl/N-ethyl adjacent to an activating group) is 1. The van der Waals surface area contributed by atoms with Gasteiger partial charge in [-0.05, 0) is 42.9 Å². The molecule has 2 aromatic carbocycles. The Labute approximate surface area is 162 Å². The molecule has 0 fully saturated rings. The van der Waals surface area contributed by atoms with Crippen molar-refractivity contribution in [1.29, 1.82) is 0 Å². The molecule has 5 nitrogen and oxygen atoms in total. The van der Waals surface area contributed by atoms with Crippen LogP contribution in [-0.2, 0) is 13.0 Å². The Morgan fingerprint density at radius 1 is 1.15 bits per heavy atom. The lowest BCUT2D eigenvalue weighted by atomic mass is 10.2. The van der Waals surface area contributed by atoms with Gasteiger partial charge in [0.25, 0.3) is 5.91 Å². The fourth-order valence-corrected chi connectivity index (χ4v) is 4.09. The third-order valence-corrected chi connectivity index (χ3v) is 5.57. The second-order valence-electron chi connectivity index (χ2n) is 6.40. The molecule has 6 heteroatoms. The summed E-state index contributed by atoms with van der Waals surface area (Å²) in [5.74, 6) is 1.31. The number of anilines is 1. The molecule has 0 spiro atoms. The van der Waals surface area contributed by atoms with E-state index in [0.29, 0.717) is 16.4 Å². The van der Waals surface area contributed by atoms with E-state index in [1.807, 2.05) is 30.3 Å². The number of nitrogens with one attached hydrogen (secondary N) is 1. The van der Waals surface area contributed by atoms with Crippen molar-refractivity contribution in [2.45, 2.75) is 19.9 Å². The Morgan fingerprint density at radius 3 is 2.63 bits per heavy atom. The summed E-state index contributed by atoms with van der Waals surface area (Å²) in [6, 6.07) is 16.7. The zero-order chi connectivity index (χ0) is 18.6. The first-order valence-electron chi connectivity index (χ1n) is 9.06. The van der Waals surface area contributed by atoms with Crippen LogP contribution < -0.4 is 10.1 Å². The van der Waals surface area contributed by atoms with Crippen LogP contribution in [0.15, 0.2) is 54.6 Å². The maximum absolute atomic E-state index is 12.5. The molecule has 138 valence electrons. The molecule has 0 atom stereocenters. The summed E-state index contributed by atoms with van der Waals surface area (Å²) in [6.07, 6.45) is 0.946. The number of amides is 1. The van der Waals surface area contributed by atoms with Gasteiger partial charge in [-0.2, -0.15) is 0 Å². The molecule has 0 radical (unpaired) electrons. The van der Waals surface area contributed by atoms with Gasteiger partial charge in [0.05, 0.1) is 5.69 Å². The zero-order valence-electron chi connectivity index (χ0n) is 15.1. The van der Waals surface area contributed by atoms with Gasteiger partial charge in [0.2, 0.25) is 0 Å². The summed E-state index contributed by atoms with van der Waals surface area (Å²) in [6.45, 7) is 5.16. The van der Waals surface area contributed by atoms with Crippen LogP contribution >= 0.6 is 11.3 Å². The van der Waals surface area contributed by atoms with Gasteiger partial charge in [0.15, 0.2) is 5.13 Å². The number of ether oxygens (including phenoxy) is 1. The molecule has 1 aromatic heterocycles. The van der Waals surface area contributed by atoms with Crippen LogP contribution in [0.25, 0.3) is 0 Å². The Balaban J connectivity index is 1.41. The fourth-order valence-electron chi connectivity index (χ4n) is 3.04. The highest BCUT2D eigenvalue weighted by Gasteiger charge is 2.20. The highest BCUT2D eigenvalue weighted by Crippen LogP contribution is 2.28. The van der Waals surface area contributed by atoms with Gasteiger partial charge in [-0.15, -0.1) is 11.3 Å². The molecule has 1 N–H and O–H groups in total. The van der Waals surface area contributed by atoms with Gasteiger partial charge < -0.3 is 4.74 Å². The van der Waals surface area contributed by atoms with Crippen LogP contribution in [0, 0.1) is 0 Å². The summed E-state index contributed by atoms with van der Waals surface area (Å²) in [7, 11) is 0. The van der Waals surface area contributed by atoms with Crippen molar-refractivity contribution in [3.05, 3.63) is 70.7 Å². The Hall–Kier alpha value is -2.70. The Morgan fingerprint density at radius 2 is 1.89 bits per heavy atom. The lowest BCUT2D eigenvalue weighted by molar-refractivity contribution is 0.102. The minimum atomic E-state index is -0.153. The van der Waals surface area contributed by atoms with Gasteiger partial charge in [-0.25, -0.2) is 4.98 Å². The summed E-state index contributed by atoms with van der Waals surface area (Å²) in [4.78, 5) is 20.8. The first kappa shape index (κ1) is 17.7. The van der Waals surface area contributed by atoms with E-state index in [1.165, 1.54) is 4.88 Å². The first-order valence-corrected chi connectivity index (χ1v) is 9.88. The van der Waals surface area contributed by atoms with Crippen LogP contribution in [0.2, 0.25) is 0 Å². The SMILES string of the molecule is CCN1CCc2nc(NC(=O)c3ccc(Oc4ccccc4)cc3)sc2C1. The van der Waals surface area contributed by atoms with E-state index in [0.717, 1.165) is 37.5 Å². The number of rotatable bonds is 5. The molecular formula is C21H21N3O2S. The predicted molar refractivity (Wildman–Crippen MR) is 108 cm³/mol. The third-order valence-electron chi connectivity index (χ3n) is 4.57. The average Bonchev–Trinajstić information content (AvgIpc) is 3.10. The highest BCUT2D eigenvalue weighted by molar-refractivity contribution is 7.15. The minimum Gasteiger partial charge on any atom is -0.457 e. The molecule has 1 aliphatic rings. The van der Waals surface area contributed by atoms with Crippen molar-refractivity contribution in [1.82, 2.24) is 9.88 Å². The topological polar surface area (TPSA) is 54.5 Å². The number of thiazole rings is 1. The molecule has 3 aromatic rings. The molecule has 2 heterocycles. The highest BCUT2D eigenvalue weighted by atomic mass is 32.1. The standard InChI is InChI=1S/C21H21N3O2S/c1-2-24-13-12-18-19(14-24)27-21(22-18)23-20(25)15-8-10-17(11-9-15)26-16-6-4-3-5-7-16/h3-11H,2,12-14H2,1H3,(H,22,23,25). The quantitative estimate of drug-likeness (QED) is 0.706. The van der Waals surface area contributed by atoms with E-state index in [4.69, 9.17) is 4.74 Å². The van der Waals surface area contributed by atoms with Crippen LogP contribution in [0.5, 0.6) is 11.5 Å². The molecule has 0 bridgehead atoms. The Kier molecular flexibility index (Phi) is 5.18. The molecule has 0 aliphatic carbocycles. The average molecular weight is 379 g/mol. The second-order valence-corrected chi connectivity index (χ2v) is 7.48. The number of benzene rings is 2. The number of hydrogen-bond donors (Lipinski definition) is 1. The van der Waals surface area contributed by atoms with Crippen molar-refractivity contribution < 1.29 is 9.53 Å². The normalized spacial score (nSPS) is 13.8. The van der Waals surface area contributed by atoms with E-state index in [9.17, 15) is 4.79 Å². The van der Waals surface area contributed by atoms with Crippen molar-refractivity contribution in [2.75, 3.05) is 18.4 Å². The van der Waals surface area contributed by atoms with Crippen molar-refractivity contribution in [3.63, 3.8) is 0 Å². The van der Waals surface area contributed by atoms with E-state index in [-0.39, 0.29) is 5.91 Å². The molecule has 4 rings (SSSR count). The number of carbonyl (C=O) groups is 1. The third kappa shape index (κ3) is 4.18. The van der Waals surface area contributed by atoms with Gasteiger partial charge in [-0.1, -0.05) is 25.1 Å². The zero-order valence-corrected chi connectivity index (χ0v) is 16.0. The lowest BCUT2D eigenvalue weighted by Gasteiger charge is -2.23. The molecule has 0 saturated heterocycles. The molecule has 27 heavy (non-hydrogen) atoms. The van der Waals surface area contributed by atoms with Crippen molar-refractivity contribution in [2.24, 2.45) is 0 Å². The van der Waals surface area contributed by atoms with E-state index >= 15 is 0 Å². The van der Waals surface area contributed by atoms with E-state index in [1.54, 1.807) is 35.6 Å². The molecule has 0 unspecified atom stereocenters. The molecule has 0 saturated carbocycles. The van der Waals surface area contributed by atoms with Crippen LogP contribution in [0.1, 0.15) is 27.9 Å². The van der Waals surface area contributed by atoms with E-state index < -0.39 is 0 Å². The van der Waals surface area contributed by atoms with Crippen LogP contribution in [-0.4, -0.2) is 28.9 Å². The van der Waals surface area contributed by atoms with Crippen molar-refractivity contribution in [3.8, 4) is 11.5 Å². The number of nitrogens with zero attached hydrogens (tertiary/aromatic N) is 2. The summed E-state index contributed by atoms with van der Waals surface area (Å²) in [5, 5.41) is 3.60. The molecule has 1 aliphatic heterocycles. The summed E-state index contributed by atoms with van der Waals surface area (Å²) in [5.41, 5.74) is 1.70. The summed E-state index contributed by atoms with van der Waals surface area (Å²) < 4.78 is 5.76. The van der Waals surface area contributed by atoms with Gasteiger partial charge in [0, 0.05) is 30.0 Å². The molecule has 1 amide bonds. The van der Waals surface area contributed by atoms with E-state index in [2.05, 4.69) is 22.1 Å². The Bertz CT molecular complexity index is 922. The number of hydrogen-bond acceptors (Lipinski definition) is 5. The smallest absolute Gasteiger partial charge is 0.257 e. The number of para-hydroxylation sites is 1. The summed E-state index contributed by atoms with van der Waals surface area (Å²) >= 11 is 1.57. The fraction of sp³-hybridized carbons (Fsp3) is 0.238. The predicted octanol–water partition coefficient (Wildman–Crippen LogP) is 4.57. The largest absolute Gasteiger partial charge is 0.457 e. The maximum atomic E-state index is 12.5. The number of carbonyl (C=O) groups excluding carboxylic acids is 1. The number of fused-ring (bicyclic) bond motifs is 1. The maximum Gasteiger partial charge on any atom is 0.257 e. The molecular weight excluding hydrogens is 358 g/mol. The number of aromatic nitrogens is 1. The van der Waals surface area contributed by atoms with Gasteiger partial charge in [-0.3, -0.25) is 15.0 Å². The van der Waals surface area contributed by atoms with Gasteiger partial charge >= 0.3 is 0 Å². The second kappa shape index (κ2) is 7.90. The van der Waals surface area contributed by atoms with Crippen LogP contribution in [0.3, 0.4) is 0 Å². The van der Waals surface area contributed by atoms with Crippen LogP contribution in [0.4, 0.5) is 5.13 Å². The van der Waals surface area contributed by atoms with Crippen molar-refractivity contribution >= 4 is 22.4 Å². The minimum absolute atomic E-state index is 0.153. The first-order chi connectivity index (χ1) is 13.2. The lowest BCUT2D eigenvalue weighted by Crippen LogP contribution is -2.29. The van der Waals surface area contributed by atoms with Gasteiger partial charge in [0.1, 0.15) is 11.5 Å². The monoisotopic (exact) mass is 379 g/mol.